The Bertz CT molecular complexity index is 670. The van der Waals surface area contributed by atoms with Gasteiger partial charge in [-0.05, 0) is 54.2 Å². The van der Waals surface area contributed by atoms with Gasteiger partial charge in [-0.25, -0.2) is 0 Å². The minimum atomic E-state index is 0.0543. The van der Waals surface area contributed by atoms with Crippen molar-refractivity contribution in [3.05, 3.63) is 59.4 Å². The standard InChI is InChI=1S/C19H22N2O2/c1-23-17-7-8-18-15(11-17)5-2-6-16(18)13-21-19(22)10-14-4-3-9-20-12-14/h3-4,7-9,11-12,16H,2,5-6,10,13H2,1H3,(H,21,22)/t16-/m1/s1. The van der Waals surface area contributed by atoms with Crippen LogP contribution in [-0.2, 0) is 17.6 Å². The Balaban J connectivity index is 1.60. The molecule has 1 aromatic carbocycles. The van der Waals surface area contributed by atoms with E-state index in [-0.39, 0.29) is 5.91 Å². The topological polar surface area (TPSA) is 51.2 Å². The van der Waals surface area contributed by atoms with Crippen LogP contribution in [0.1, 0.15) is 35.4 Å². The second-order valence-electron chi connectivity index (χ2n) is 6.00. The summed E-state index contributed by atoms with van der Waals surface area (Å²) >= 11 is 0. The van der Waals surface area contributed by atoms with Crippen LogP contribution in [0.2, 0.25) is 0 Å². The van der Waals surface area contributed by atoms with E-state index in [4.69, 9.17) is 4.74 Å². The Hall–Kier alpha value is -2.36. The molecule has 3 rings (SSSR count). The molecule has 1 N–H and O–H groups in total. The molecule has 0 aliphatic heterocycles. The fraction of sp³-hybridized carbons (Fsp3) is 0.368. The average Bonchev–Trinajstić information content (AvgIpc) is 2.60. The number of methoxy groups -OCH3 is 1. The van der Waals surface area contributed by atoms with E-state index < -0.39 is 0 Å². The highest BCUT2D eigenvalue weighted by Gasteiger charge is 2.21. The van der Waals surface area contributed by atoms with Crippen LogP contribution >= 0.6 is 0 Å². The van der Waals surface area contributed by atoms with Gasteiger partial charge in [0.2, 0.25) is 5.91 Å². The van der Waals surface area contributed by atoms with Crippen molar-refractivity contribution in [1.82, 2.24) is 10.3 Å². The average molecular weight is 310 g/mol. The molecule has 0 saturated carbocycles. The molecular weight excluding hydrogens is 288 g/mol. The first-order chi connectivity index (χ1) is 11.3. The molecule has 0 saturated heterocycles. The third-order valence-corrected chi connectivity index (χ3v) is 4.42. The second kappa shape index (κ2) is 7.27. The third-order valence-electron chi connectivity index (χ3n) is 4.42. The molecule has 23 heavy (non-hydrogen) atoms. The van der Waals surface area contributed by atoms with Crippen molar-refractivity contribution in [2.75, 3.05) is 13.7 Å². The number of aromatic nitrogens is 1. The number of nitrogens with zero attached hydrogens (tertiary/aromatic N) is 1. The molecule has 0 unspecified atom stereocenters. The number of ether oxygens (including phenoxy) is 1. The highest BCUT2D eigenvalue weighted by molar-refractivity contribution is 5.78. The normalized spacial score (nSPS) is 16.5. The van der Waals surface area contributed by atoms with E-state index in [1.54, 1.807) is 19.5 Å². The van der Waals surface area contributed by atoms with Crippen molar-refractivity contribution in [2.45, 2.75) is 31.6 Å². The third kappa shape index (κ3) is 3.89. The number of benzene rings is 1. The minimum absolute atomic E-state index is 0.0543. The number of rotatable bonds is 5. The van der Waals surface area contributed by atoms with E-state index in [1.165, 1.54) is 11.1 Å². The number of fused-ring (bicyclic) bond motifs is 1. The Labute approximate surface area is 136 Å². The van der Waals surface area contributed by atoms with Gasteiger partial charge in [-0.15, -0.1) is 0 Å². The van der Waals surface area contributed by atoms with Crippen molar-refractivity contribution >= 4 is 5.91 Å². The van der Waals surface area contributed by atoms with E-state index in [0.717, 1.165) is 30.6 Å². The first kappa shape index (κ1) is 15.5. The van der Waals surface area contributed by atoms with E-state index in [2.05, 4.69) is 22.4 Å². The van der Waals surface area contributed by atoms with Gasteiger partial charge in [0.25, 0.3) is 0 Å². The fourth-order valence-corrected chi connectivity index (χ4v) is 3.22. The van der Waals surface area contributed by atoms with E-state index in [0.29, 0.717) is 18.9 Å². The molecule has 1 atom stereocenters. The van der Waals surface area contributed by atoms with Gasteiger partial charge < -0.3 is 10.1 Å². The van der Waals surface area contributed by atoms with Gasteiger partial charge in [-0.3, -0.25) is 9.78 Å². The first-order valence-electron chi connectivity index (χ1n) is 8.08. The molecule has 1 aromatic heterocycles. The minimum Gasteiger partial charge on any atom is -0.497 e. The number of hydrogen-bond donors (Lipinski definition) is 1. The van der Waals surface area contributed by atoms with E-state index in [1.807, 2.05) is 18.2 Å². The van der Waals surface area contributed by atoms with Crippen molar-refractivity contribution in [3.63, 3.8) is 0 Å². The van der Waals surface area contributed by atoms with Crippen LogP contribution in [0.4, 0.5) is 0 Å². The summed E-state index contributed by atoms with van der Waals surface area (Å²) in [5, 5.41) is 3.07. The monoisotopic (exact) mass is 310 g/mol. The highest BCUT2D eigenvalue weighted by Crippen LogP contribution is 2.33. The number of nitrogens with one attached hydrogen (secondary N) is 1. The first-order valence-corrected chi connectivity index (χ1v) is 8.08. The lowest BCUT2D eigenvalue weighted by atomic mass is 9.82. The molecule has 4 nitrogen and oxygen atoms in total. The van der Waals surface area contributed by atoms with E-state index in [9.17, 15) is 4.79 Å². The van der Waals surface area contributed by atoms with Crippen LogP contribution in [0.3, 0.4) is 0 Å². The summed E-state index contributed by atoms with van der Waals surface area (Å²) < 4.78 is 5.30. The zero-order chi connectivity index (χ0) is 16.1. The van der Waals surface area contributed by atoms with E-state index >= 15 is 0 Å². The SMILES string of the molecule is COc1ccc2c(c1)CCC[C@@H]2CNC(=O)Cc1cccnc1. The maximum Gasteiger partial charge on any atom is 0.224 e. The predicted octanol–water partition coefficient (Wildman–Crippen LogP) is 2.87. The summed E-state index contributed by atoms with van der Waals surface area (Å²) in [6.45, 7) is 0.693. The molecule has 1 amide bonds. The lowest BCUT2D eigenvalue weighted by Gasteiger charge is -2.26. The van der Waals surface area contributed by atoms with Crippen molar-refractivity contribution in [3.8, 4) is 5.75 Å². The zero-order valence-electron chi connectivity index (χ0n) is 13.4. The molecule has 1 aliphatic carbocycles. The lowest BCUT2D eigenvalue weighted by molar-refractivity contribution is -0.120. The molecule has 0 bridgehead atoms. The number of carbonyl (C=O) groups is 1. The Morgan fingerprint density at radius 2 is 2.30 bits per heavy atom. The van der Waals surface area contributed by atoms with Gasteiger partial charge in [0.1, 0.15) is 5.75 Å². The number of hydrogen-bond acceptors (Lipinski definition) is 3. The molecule has 4 heteroatoms. The molecule has 2 aromatic rings. The molecule has 0 radical (unpaired) electrons. The van der Waals surface area contributed by atoms with Crippen LogP contribution in [0.5, 0.6) is 5.75 Å². The summed E-state index contributed by atoms with van der Waals surface area (Å²) in [6.07, 6.45) is 7.20. The largest absolute Gasteiger partial charge is 0.497 e. The smallest absolute Gasteiger partial charge is 0.224 e. The Kier molecular flexibility index (Phi) is 4.91. The van der Waals surface area contributed by atoms with Gasteiger partial charge >= 0.3 is 0 Å². The summed E-state index contributed by atoms with van der Waals surface area (Å²) in [7, 11) is 1.70. The maximum absolute atomic E-state index is 12.1. The van der Waals surface area contributed by atoms with Gasteiger partial charge in [-0.1, -0.05) is 12.1 Å². The van der Waals surface area contributed by atoms with Crippen LogP contribution in [0, 0.1) is 0 Å². The van der Waals surface area contributed by atoms with Crippen molar-refractivity contribution in [1.29, 1.82) is 0 Å². The molecule has 0 spiro atoms. The van der Waals surface area contributed by atoms with Crippen molar-refractivity contribution < 1.29 is 9.53 Å². The summed E-state index contributed by atoms with van der Waals surface area (Å²) in [5.74, 6) is 1.35. The summed E-state index contributed by atoms with van der Waals surface area (Å²) in [4.78, 5) is 16.2. The van der Waals surface area contributed by atoms with Crippen LogP contribution in [0.25, 0.3) is 0 Å². The van der Waals surface area contributed by atoms with Crippen LogP contribution in [-0.4, -0.2) is 24.5 Å². The maximum atomic E-state index is 12.1. The Morgan fingerprint density at radius 3 is 3.09 bits per heavy atom. The number of aryl methyl sites for hydroxylation is 1. The van der Waals surface area contributed by atoms with Crippen LogP contribution in [0.15, 0.2) is 42.7 Å². The van der Waals surface area contributed by atoms with Gasteiger partial charge in [0.15, 0.2) is 0 Å². The predicted molar refractivity (Wildman–Crippen MR) is 89.6 cm³/mol. The van der Waals surface area contributed by atoms with Gasteiger partial charge in [-0.2, -0.15) is 0 Å². The molecule has 0 fully saturated rings. The lowest BCUT2D eigenvalue weighted by Crippen LogP contribution is -2.31. The summed E-state index contributed by atoms with van der Waals surface area (Å²) in [5.41, 5.74) is 3.64. The molecule has 1 aliphatic rings. The number of amides is 1. The quantitative estimate of drug-likeness (QED) is 0.924. The van der Waals surface area contributed by atoms with Gasteiger partial charge in [0, 0.05) is 24.9 Å². The molecule has 1 heterocycles. The number of pyridine rings is 1. The van der Waals surface area contributed by atoms with Gasteiger partial charge in [0.05, 0.1) is 13.5 Å². The van der Waals surface area contributed by atoms with Crippen molar-refractivity contribution in [2.24, 2.45) is 0 Å². The second-order valence-corrected chi connectivity index (χ2v) is 6.00. The zero-order valence-corrected chi connectivity index (χ0v) is 13.4. The van der Waals surface area contributed by atoms with Crippen LogP contribution < -0.4 is 10.1 Å². The highest BCUT2D eigenvalue weighted by atomic mass is 16.5. The Morgan fingerprint density at radius 1 is 1.39 bits per heavy atom. The fourth-order valence-electron chi connectivity index (χ4n) is 3.22. The molecular formula is C19H22N2O2. The molecule has 120 valence electrons. The number of carbonyl (C=O) groups excluding carboxylic acids is 1. The summed E-state index contributed by atoms with van der Waals surface area (Å²) in [6, 6.07) is 10.1.